The Morgan fingerprint density at radius 2 is 1.79 bits per heavy atom. The highest BCUT2D eigenvalue weighted by Crippen LogP contribution is 1.92. The number of carboxylic acids is 1. The molecule has 0 spiro atoms. The quantitative estimate of drug-likeness (QED) is 0.242. The van der Waals surface area contributed by atoms with Crippen molar-refractivity contribution in [3.05, 3.63) is 0 Å². The summed E-state index contributed by atoms with van der Waals surface area (Å²) in [5.41, 5.74) is 4.09. The van der Waals surface area contributed by atoms with E-state index in [-0.39, 0.29) is 6.42 Å². The van der Waals surface area contributed by atoms with Gasteiger partial charge >= 0.3 is 5.97 Å². The van der Waals surface area contributed by atoms with Gasteiger partial charge in [0.15, 0.2) is 0 Å². The highest BCUT2D eigenvalue weighted by Gasteiger charge is 2.23. The lowest BCUT2D eigenvalue weighted by Crippen LogP contribution is -2.54. The van der Waals surface area contributed by atoms with E-state index in [2.05, 4.69) is 10.7 Å². The molecule has 19 heavy (non-hydrogen) atoms. The van der Waals surface area contributed by atoms with Crippen molar-refractivity contribution >= 4 is 27.9 Å². The average Bonchev–Trinajstić information content (AvgIpc) is 2.29. The zero-order valence-electron chi connectivity index (χ0n) is 10.0. The summed E-state index contributed by atoms with van der Waals surface area (Å²) in [5, 5.41) is 10.5. The predicted molar refractivity (Wildman–Crippen MR) is 62.4 cm³/mol. The van der Waals surface area contributed by atoms with Gasteiger partial charge in [-0.25, -0.2) is 5.43 Å². The van der Waals surface area contributed by atoms with E-state index in [1.165, 1.54) is 7.05 Å². The molecule has 0 radical (unpaired) electrons. The smallest absolute Gasteiger partial charge is 0.303 e. The van der Waals surface area contributed by atoms with Gasteiger partial charge in [0.2, 0.25) is 11.8 Å². The van der Waals surface area contributed by atoms with Crippen molar-refractivity contribution in [1.29, 1.82) is 0 Å². The first-order chi connectivity index (χ1) is 8.65. The summed E-state index contributed by atoms with van der Waals surface area (Å²) in [7, 11) is -3.18. The van der Waals surface area contributed by atoms with Crippen molar-refractivity contribution in [2.75, 3.05) is 12.8 Å². The van der Waals surface area contributed by atoms with Crippen LogP contribution in [0.4, 0.5) is 0 Å². The summed E-state index contributed by atoms with van der Waals surface area (Å²) >= 11 is 0. The minimum absolute atomic E-state index is 0.339. The number of hydrogen-bond donors (Lipinski definition) is 5. The molecule has 0 aliphatic heterocycles. The summed E-state index contributed by atoms with van der Waals surface area (Å²) < 4.78 is 30.0. The van der Waals surface area contributed by atoms with Crippen LogP contribution in [0.15, 0.2) is 0 Å². The lowest BCUT2D eigenvalue weighted by Gasteiger charge is -2.16. The highest BCUT2D eigenvalue weighted by molar-refractivity contribution is 7.85. The molecule has 1 atom stereocenters. The van der Waals surface area contributed by atoms with Crippen molar-refractivity contribution in [2.45, 2.75) is 18.9 Å². The molecule has 11 heteroatoms. The fraction of sp³-hybridized carbons (Fsp3) is 0.625. The highest BCUT2D eigenvalue weighted by atomic mass is 32.2. The lowest BCUT2D eigenvalue weighted by atomic mass is 10.3. The number of carbonyl (C=O) groups is 3. The van der Waals surface area contributed by atoms with E-state index in [1.807, 2.05) is 5.43 Å². The third-order valence-electron chi connectivity index (χ3n) is 1.89. The van der Waals surface area contributed by atoms with Crippen LogP contribution in [-0.2, 0) is 24.5 Å². The maximum absolute atomic E-state index is 11.3. The number of carbonyl (C=O) groups excluding carboxylic acids is 2. The van der Waals surface area contributed by atoms with Crippen molar-refractivity contribution in [3.8, 4) is 0 Å². The van der Waals surface area contributed by atoms with Crippen LogP contribution in [-0.4, -0.2) is 54.7 Å². The zero-order chi connectivity index (χ0) is 15.1. The van der Waals surface area contributed by atoms with Crippen LogP contribution in [0, 0.1) is 0 Å². The fourth-order valence-electron chi connectivity index (χ4n) is 1.02. The van der Waals surface area contributed by atoms with Crippen LogP contribution < -0.4 is 16.2 Å². The molecule has 0 aliphatic rings. The number of rotatable bonds is 8. The number of likely N-dealkylation sites (N-methyl/N-ethyl adjacent to an activating group) is 1. The standard InChI is InChI=1S/C8H15N3O7S/c1-9-8(15)5(4-19(16,17)18)10-11-6(12)2-3-7(13)14/h5,10H,2-4H2,1H3,(H,9,15)(H,11,12)(H,13,14)(H,16,17,18)/t5-/m0/s1. The minimum Gasteiger partial charge on any atom is -0.481 e. The van der Waals surface area contributed by atoms with Gasteiger partial charge < -0.3 is 10.4 Å². The van der Waals surface area contributed by atoms with Crippen LogP contribution >= 0.6 is 0 Å². The molecule has 0 fully saturated rings. The summed E-state index contributed by atoms with van der Waals surface area (Å²) in [6.45, 7) is 0. The molecule has 110 valence electrons. The molecule has 0 unspecified atom stereocenters. The molecule has 0 aromatic rings. The third kappa shape index (κ3) is 8.93. The fourth-order valence-corrected chi connectivity index (χ4v) is 1.67. The van der Waals surface area contributed by atoms with Gasteiger partial charge in [0, 0.05) is 13.5 Å². The second-order valence-corrected chi connectivity index (χ2v) is 5.00. The molecule has 0 saturated heterocycles. The Labute approximate surface area is 109 Å². The molecule has 0 saturated carbocycles. The summed E-state index contributed by atoms with van der Waals surface area (Å²) in [6, 6.07) is -1.39. The Morgan fingerprint density at radius 3 is 2.21 bits per heavy atom. The van der Waals surface area contributed by atoms with Crippen molar-refractivity contribution in [3.63, 3.8) is 0 Å². The number of aliphatic carboxylic acids is 1. The van der Waals surface area contributed by atoms with Crippen LogP contribution in [0.3, 0.4) is 0 Å². The first-order valence-corrected chi connectivity index (χ1v) is 6.69. The van der Waals surface area contributed by atoms with Crippen molar-refractivity contribution in [1.82, 2.24) is 16.2 Å². The van der Waals surface area contributed by atoms with Gasteiger partial charge in [0.1, 0.15) is 11.8 Å². The summed E-state index contributed by atoms with van der Waals surface area (Å²) in [5.74, 6) is -3.61. The number of amides is 2. The molecule has 0 aliphatic carbocycles. The predicted octanol–water partition coefficient (Wildman–Crippen LogP) is -2.53. The number of carboxylic acid groups (broad SMARTS) is 1. The Morgan fingerprint density at radius 1 is 1.21 bits per heavy atom. The van der Waals surface area contributed by atoms with Crippen molar-refractivity contribution < 1.29 is 32.5 Å². The molecule has 5 N–H and O–H groups in total. The molecule has 0 aromatic heterocycles. The van der Waals surface area contributed by atoms with Crippen LogP contribution in [0.2, 0.25) is 0 Å². The first kappa shape index (κ1) is 17.3. The second-order valence-electron chi connectivity index (χ2n) is 3.50. The molecule has 0 bridgehead atoms. The van der Waals surface area contributed by atoms with Gasteiger partial charge in [-0.3, -0.25) is 24.4 Å². The molecule has 0 rings (SSSR count). The lowest BCUT2D eigenvalue weighted by molar-refractivity contribution is -0.139. The van der Waals surface area contributed by atoms with Crippen LogP contribution in [0.25, 0.3) is 0 Å². The number of nitrogens with one attached hydrogen (secondary N) is 3. The van der Waals surface area contributed by atoms with Gasteiger partial charge in [0.25, 0.3) is 10.1 Å². The monoisotopic (exact) mass is 297 g/mol. The van der Waals surface area contributed by atoms with E-state index in [1.54, 1.807) is 0 Å². The minimum atomic E-state index is -4.42. The molecule has 2 amide bonds. The summed E-state index contributed by atoms with van der Waals surface area (Å²) in [6.07, 6.45) is -0.745. The van der Waals surface area contributed by atoms with E-state index in [4.69, 9.17) is 9.66 Å². The number of hydrazine groups is 1. The first-order valence-electron chi connectivity index (χ1n) is 5.08. The number of hydrogen-bond acceptors (Lipinski definition) is 6. The van der Waals surface area contributed by atoms with Gasteiger partial charge in [-0.1, -0.05) is 0 Å². The van der Waals surface area contributed by atoms with Gasteiger partial charge in [-0.2, -0.15) is 8.42 Å². The Hall–Kier alpha value is -1.72. The van der Waals surface area contributed by atoms with Gasteiger partial charge in [-0.15, -0.1) is 0 Å². The van der Waals surface area contributed by atoms with Gasteiger partial charge in [-0.05, 0) is 0 Å². The molecular formula is C8H15N3O7S. The van der Waals surface area contributed by atoms with Crippen LogP contribution in [0.5, 0.6) is 0 Å². The van der Waals surface area contributed by atoms with E-state index in [9.17, 15) is 22.8 Å². The topological polar surface area (TPSA) is 162 Å². The summed E-state index contributed by atoms with van der Waals surface area (Å²) in [4.78, 5) is 32.6. The maximum atomic E-state index is 11.3. The van der Waals surface area contributed by atoms with Crippen molar-refractivity contribution in [2.24, 2.45) is 0 Å². The largest absolute Gasteiger partial charge is 0.481 e. The Bertz CT molecular complexity index is 447. The normalized spacial score (nSPS) is 12.5. The average molecular weight is 297 g/mol. The Balaban J connectivity index is 4.38. The molecular weight excluding hydrogens is 282 g/mol. The molecule has 0 heterocycles. The SMILES string of the molecule is CNC(=O)[C@H](CS(=O)(=O)O)NNC(=O)CCC(=O)O. The van der Waals surface area contributed by atoms with Gasteiger partial charge in [0.05, 0.1) is 6.42 Å². The second kappa shape index (κ2) is 7.66. The van der Waals surface area contributed by atoms with E-state index in [0.29, 0.717) is 0 Å². The zero-order valence-corrected chi connectivity index (χ0v) is 10.9. The molecule has 10 nitrogen and oxygen atoms in total. The molecule has 0 aromatic carbocycles. The Kier molecular flexibility index (Phi) is 6.96. The maximum Gasteiger partial charge on any atom is 0.303 e. The van der Waals surface area contributed by atoms with E-state index >= 15 is 0 Å². The van der Waals surface area contributed by atoms with E-state index < -0.39 is 46.1 Å². The third-order valence-corrected chi connectivity index (χ3v) is 2.65. The van der Waals surface area contributed by atoms with E-state index in [0.717, 1.165) is 0 Å². The van der Waals surface area contributed by atoms with Crippen LogP contribution in [0.1, 0.15) is 12.8 Å².